The molecule has 27 heavy (non-hydrogen) atoms. The first-order valence-electron chi connectivity index (χ1n) is 9.53. The van der Waals surface area contributed by atoms with E-state index in [0.717, 1.165) is 18.7 Å². The van der Waals surface area contributed by atoms with Gasteiger partial charge in [0.1, 0.15) is 5.82 Å². The third kappa shape index (κ3) is 4.77. The fourth-order valence-corrected chi connectivity index (χ4v) is 4.16. The molecule has 0 radical (unpaired) electrons. The molecule has 1 aromatic carbocycles. The van der Waals surface area contributed by atoms with E-state index in [9.17, 15) is 14.0 Å². The molecular weight excluding hydrogens is 347 g/mol. The van der Waals surface area contributed by atoms with Crippen LogP contribution in [-0.4, -0.2) is 72.5 Å². The number of hydrogen-bond donors (Lipinski definition) is 1. The van der Waals surface area contributed by atoms with Gasteiger partial charge < -0.3 is 15.1 Å². The van der Waals surface area contributed by atoms with Crippen molar-refractivity contribution in [1.82, 2.24) is 20.0 Å². The first-order valence-corrected chi connectivity index (χ1v) is 9.53. The second-order valence-corrected chi connectivity index (χ2v) is 8.29. The largest absolute Gasteiger partial charge is 0.345 e. The first kappa shape index (κ1) is 19.6. The maximum absolute atomic E-state index is 13.2. The minimum Gasteiger partial charge on any atom is -0.345 e. The van der Waals surface area contributed by atoms with E-state index < -0.39 is 0 Å². The molecule has 0 bridgehead atoms. The Bertz CT molecular complexity index is 694. The van der Waals surface area contributed by atoms with E-state index in [4.69, 9.17) is 0 Å². The molecule has 0 aromatic heterocycles. The van der Waals surface area contributed by atoms with E-state index in [0.29, 0.717) is 32.6 Å². The number of nitrogens with zero attached hydrogens (tertiary/aromatic N) is 3. The predicted molar refractivity (Wildman–Crippen MR) is 102 cm³/mol. The summed E-state index contributed by atoms with van der Waals surface area (Å²) in [4.78, 5) is 30.8. The molecule has 1 atom stereocenters. The van der Waals surface area contributed by atoms with Crippen molar-refractivity contribution in [3.05, 3.63) is 35.6 Å². The van der Waals surface area contributed by atoms with Crippen LogP contribution >= 0.6 is 0 Å². The van der Waals surface area contributed by atoms with Crippen molar-refractivity contribution in [1.29, 1.82) is 0 Å². The number of benzene rings is 1. The molecule has 1 N–H and O–H groups in total. The van der Waals surface area contributed by atoms with Crippen molar-refractivity contribution in [2.75, 3.05) is 39.8 Å². The maximum Gasteiger partial charge on any atom is 0.317 e. The number of nitrogens with one attached hydrogen (secondary N) is 1. The summed E-state index contributed by atoms with van der Waals surface area (Å²) >= 11 is 0. The van der Waals surface area contributed by atoms with E-state index in [2.05, 4.69) is 10.2 Å². The van der Waals surface area contributed by atoms with Gasteiger partial charge in [-0.1, -0.05) is 12.1 Å². The molecule has 148 valence electrons. The van der Waals surface area contributed by atoms with Gasteiger partial charge in [0.05, 0.1) is 0 Å². The van der Waals surface area contributed by atoms with E-state index in [1.807, 2.05) is 25.8 Å². The Balaban J connectivity index is 1.78. The molecule has 3 rings (SSSR count). The normalized spacial score (nSPS) is 24.0. The molecule has 2 aliphatic heterocycles. The third-order valence-electron chi connectivity index (χ3n) is 5.31. The lowest BCUT2D eigenvalue weighted by Crippen LogP contribution is -2.48. The van der Waals surface area contributed by atoms with Gasteiger partial charge in [0.2, 0.25) is 5.91 Å². The van der Waals surface area contributed by atoms with Gasteiger partial charge in [-0.15, -0.1) is 0 Å². The van der Waals surface area contributed by atoms with Crippen molar-refractivity contribution >= 4 is 11.9 Å². The summed E-state index contributed by atoms with van der Waals surface area (Å²) in [6.45, 7) is 7.87. The number of carbonyl (C=O) groups is 2. The van der Waals surface area contributed by atoms with Crippen LogP contribution in [0, 0.1) is 11.2 Å². The quantitative estimate of drug-likeness (QED) is 0.877. The summed E-state index contributed by atoms with van der Waals surface area (Å²) in [6.07, 6.45) is 0.453. The fourth-order valence-electron chi connectivity index (χ4n) is 4.16. The van der Waals surface area contributed by atoms with Crippen molar-refractivity contribution in [3.63, 3.8) is 0 Å². The minimum atomic E-state index is -0.267. The average molecular weight is 376 g/mol. The Kier molecular flexibility index (Phi) is 5.69. The Morgan fingerprint density at radius 1 is 1.19 bits per heavy atom. The number of hydrogen-bond acceptors (Lipinski definition) is 3. The lowest BCUT2D eigenvalue weighted by atomic mass is 9.86. The zero-order valence-electron chi connectivity index (χ0n) is 16.4. The van der Waals surface area contributed by atoms with Gasteiger partial charge in [-0.2, -0.15) is 0 Å². The van der Waals surface area contributed by atoms with Gasteiger partial charge in [0, 0.05) is 64.2 Å². The Morgan fingerprint density at radius 2 is 1.89 bits per heavy atom. The van der Waals surface area contributed by atoms with Crippen LogP contribution < -0.4 is 5.32 Å². The minimum absolute atomic E-state index is 0.0694. The molecule has 0 saturated carbocycles. The molecule has 2 aliphatic rings. The van der Waals surface area contributed by atoms with E-state index >= 15 is 0 Å². The lowest BCUT2D eigenvalue weighted by Gasteiger charge is -2.33. The van der Waals surface area contributed by atoms with Gasteiger partial charge in [-0.3, -0.25) is 9.69 Å². The number of carbonyl (C=O) groups excluding carboxylic acids is 2. The average Bonchev–Trinajstić information content (AvgIpc) is 2.75. The summed E-state index contributed by atoms with van der Waals surface area (Å²) in [7, 11) is 1.82. The van der Waals surface area contributed by atoms with Crippen molar-refractivity contribution in [2.45, 2.75) is 32.9 Å². The SMILES string of the molecule is CC(C)NC(=O)N1CCN(Cc2ccc(F)cc2)C[C@@]2(CC(=O)N(C)C2)C1. The third-order valence-corrected chi connectivity index (χ3v) is 5.31. The van der Waals surface area contributed by atoms with Gasteiger partial charge in [0.25, 0.3) is 0 Å². The molecule has 1 spiro atoms. The topological polar surface area (TPSA) is 55.9 Å². The van der Waals surface area contributed by atoms with Gasteiger partial charge in [-0.25, -0.2) is 9.18 Å². The van der Waals surface area contributed by atoms with E-state index in [1.165, 1.54) is 12.1 Å². The molecule has 2 heterocycles. The van der Waals surface area contributed by atoms with Crippen LogP contribution in [0.5, 0.6) is 0 Å². The molecule has 3 amide bonds. The van der Waals surface area contributed by atoms with Crippen LogP contribution in [0.15, 0.2) is 24.3 Å². The number of rotatable bonds is 3. The molecule has 0 unspecified atom stereocenters. The summed E-state index contributed by atoms with van der Waals surface area (Å²) in [6, 6.07) is 6.52. The number of amides is 3. The predicted octanol–water partition coefficient (Wildman–Crippen LogP) is 1.91. The summed E-state index contributed by atoms with van der Waals surface area (Å²) in [5, 5.41) is 2.97. The van der Waals surface area contributed by atoms with Gasteiger partial charge in [-0.05, 0) is 31.5 Å². The van der Waals surface area contributed by atoms with Gasteiger partial charge >= 0.3 is 6.03 Å². The standard InChI is InChI=1S/C20H29FN4O2/c1-15(2)22-19(27)25-9-8-24(11-16-4-6-17(21)7-5-16)13-20(14-25)10-18(26)23(3)12-20/h4-7,15H,8-14H2,1-3H3,(H,22,27)/t20-/m0/s1. The second kappa shape index (κ2) is 7.84. The zero-order chi connectivity index (χ0) is 19.6. The monoisotopic (exact) mass is 376 g/mol. The molecule has 7 heteroatoms. The highest BCUT2D eigenvalue weighted by Crippen LogP contribution is 2.34. The van der Waals surface area contributed by atoms with Crippen LogP contribution in [0.4, 0.5) is 9.18 Å². The Hall–Kier alpha value is -2.15. The fraction of sp³-hybridized carbons (Fsp3) is 0.600. The van der Waals surface area contributed by atoms with Crippen molar-refractivity contribution in [3.8, 4) is 0 Å². The molecule has 1 aromatic rings. The van der Waals surface area contributed by atoms with Crippen molar-refractivity contribution in [2.24, 2.45) is 5.41 Å². The van der Waals surface area contributed by atoms with E-state index in [-0.39, 0.29) is 29.2 Å². The molecule has 2 fully saturated rings. The van der Waals surface area contributed by atoms with Crippen LogP contribution in [0.3, 0.4) is 0 Å². The second-order valence-electron chi connectivity index (χ2n) is 8.29. The number of urea groups is 1. The molecule has 2 saturated heterocycles. The van der Waals surface area contributed by atoms with Crippen LogP contribution in [0.1, 0.15) is 25.8 Å². The highest BCUT2D eigenvalue weighted by atomic mass is 19.1. The highest BCUT2D eigenvalue weighted by molar-refractivity contribution is 5.80. The zero-order valence-corrected chi connectivity index (χ0v) is 16.4. The first-order chi connectivity index (χ1) is 12.8. The highest BCUT2D eigenvalue weighted by Gasteiger charge is 2.46. The number of likely N-dealkylation sites (tertiary alicyclic amines) is 1. The molecule has 0 aliphatic carbocycles. The Labute approximate surface area is 160 Å². The Morgan fingerprint density at radius 3 is 2.48 bits per heavy atom. The number of halogens is 1. The van der Waals surface area contributed by atoms with Crippen LogP contribution in [-0.2, 0) is 11.3 Å². The van der Waals surface area contributed by atoms with E-state index in [1.54, 1.807) is 17.0 Å². The summed E-state index contributed by atoms with van der Waals surface area (Å²) in [5.41, 5.74) is 0.765. The smallest absolute Gasteiger partial charge is 0.317 e. The molecular formula is C20H29FN4O2. The lowest BCUT2D eigenvalue weighted by molar-refractivity contribution is -0.126. The van der Waals surface area contributed by atoms with Crippen LogP contribution in [0.2, 0.25) is 0 Å². The summed E-state index contributed by atoms with van der Waals surface area (Å²) < 4.78 is 13.2. The van der Waals surface area contributed by atoms with Crippen molar-refractivity contribution < 1.29 is 14.0 Å². The molecule has 6 nitrogen and oxygen atoms in total. The van der Waals surface area contributed by atoms with Gasteiger partial charge in [0.15, 0.2) is 0 Å². The van der Waals surface area contributed by atoms with Crippen LogP contribution in [0.25, 0.3) is 0 Å². The maximum atomic E-state index is 13.2. The summed E-state index contributed by atoms with van der Waals surface area (Å²) in [5.74, 6) is -0.117.